The van der Waals surface area contributed by atoms with Crippen LogP contribution in [0.5, 0.6) is 0 Å². The van der Waals surface area contributed by atoms with Crippen molar-refractivity contribution in [1.29, 1.82) is 0 Å². The molecule has 6 heteroatoms. The van der Waals surface area contributed by atoms with Crippen molar-refractivity contribution in [3.63, 3.8) is 0 Å². The van der Waals surface area contributed by atoms with E-state index in [0.29, 0.717) is 23.2 Å². The summed E-state index contributed by atoms with van der Waals surface area (Å²) in [5.74, 6) is 0.789. The van der Waals surface area contributed by atoms with Gasteiger partial charge in [0.25, 0.3) is 5.91 Å². The summed E-state index contributed by atoms with van der Waals surface area (Å²) in [6.45, 7) is 6.54. The van der Waals surface area contributed by atoms with E-state index in [2.05, 4.69) is 22.0 Å². The Balaban J connectivity index is 1.42. The Bertz CT molecular complexity index is 713. The van der Waals surface area contributed by atoms with E-state index in [-0.39, 0.29) is 5.91 Å². The van der Waals surface area contributed by atoms with E-state index in [1.807, 2.05) is 23.2 Å². The number of hydrogen-bond donors (Lipinski definition) is 0. The molecule has 2 aromatic heterocycles. The first-order valence-corrected chi connectivity index (χ1v) is 9.06. The molecule has 0 radical (unpaired) electrons. The molecule has 1 amide bonds. The van der Waals surface area contributed by atoms with E-state index >= 15 is 0 Å². The lowest BCUT2D eigenvalue weighted by molar-refractivity contribution is 0.0625. The van der Waals surface area contributed by atoms with Crippen LogP contribution in [0.2, 0.25) is 0 Å². The van der Waals surface area contributed by atoms with Crippen molar-refractivity contribution in [2.45, 2.75) is 38.6 Å². The lowest BCUT2D eigenvalue weighted by Gasteiger charge is -2.38. The number of nitrogens with zero attached hydrogens (tertiary/aromatic N) is 5. The van der Waals surface area contributed by atoms with Crippen LogP contribution in [-0.4, -0.2) is 62.5 Å². The molecule has 0 spiro atoms. The highest BCUT2D eigenvalue weighted by Gasteiger charge is 2.31. The molecule has 2 aromatic rings. The zero-order valence-electron chi connectivity index (χ0n) is 14.3. The van der Waals surface area contributed by atoms with Gasteiger partial charge in [-0.1, -0.05) is 0 Å². The predicted octanol–water partition coefficient (Wildman–Crippen LogP) is 2.07. The van der Waals surface area contributed by atoms with Gasteiger partial charge >= 0.3 is 0 Å². The van der Waals surface area contributed by atoms with Crippen molar-refractivity contribution in [3.05, 3.63) is 30.2 Å². The van der Waals surface area contributed by atoms with Crippen molar-refractivity contribution in [2.24, 2.45) is 5.92 Å². The number of carbonyl (C=O) groups is 1. The standard InChI is InChI=1S/C18H25N5O/c1-14(21-8-2-3-9-21)15-6-11-22(12-7-15)18(24)16-5-4-10-23-13-19-20-17(16)23/h4-5,10,13-15H,2-3,6-9,11-12H2,1H3/t14-/m0/s1. The predicted molar refractivity (Wildman–Crippen MR) is 91.9 cm³/mol. The van der Waals surface area contributed by atoms with Gasteiger partial charge in [-0.25, -0.2) is 0 Å². The molecule has 2 aliphatic heterocycles. The average molecular weight is 327 g/mol. The molecule has 2 aliphatic rings. The highest BCUT2D eigenvalue weighted by molar-refractivity contribution is 5.99. The fraction of sp³-hybridized carbons (Fsp3) is 0.611. The second-order valence-electron chi connectivity index (χ2n) is 7.10. The van der Waals surface area contributed by atoms with E-state index in [1.165, 1.54) is 25.9 Å². The van der Waals surface area contributed by atoms with Crippen LogP contribution in [0.1, 0.15) is 43.0 Å². The van der Waals surface area contributed by atoms with Crippen LogP contribution >= 0.6 is 0 Å². The van der Waals surface area contributed by atoms with Gasteiger partial charge in [-0.05, 0) is 63.7 Å². The smallest absolute Gasteiger partial charge is 0.257 e. The Morgan fingerprint density at radius 3 is 2.71 bits per heavy atom. The van der Waals surface area contributed by atoms with Crippen LogP contribution in [-0.2, 0) is 0 Å². The van der Waals surface area contributed by atoms with Crippen LogP contribution < -0.4 is 0 Å². The summed E-state index contributed by atoms with van der Waals surface area (Å²) in [7, 11) is 0. The van der Waals surface area contributed by atoms with Crippen LogP contribution in [0.4, 0.5) is 0 Å². The summed E-state index contributed by atoms with van der Waals surface area (Å²) < 4.78 is 1.80. The van der Waals surface area contributed by atoms with Crippen LogP contribution in [0, 0.1) is 5.92 Å². The normalized spacial score (nSPS) is 21.5. The Morgan fingerprint density at radius 1 is 1.21 bits per heavy atom. The molecule has 24 heavy (non-hydrogen) atoms. The van der Waals surface area contributed by atoms with Gasteiger partial charge in [-0.3, -0.25) is 9.20 Å². The van der Waals surface area contributed by atoms with Gasteiger partial charge in [-0.15, -0.1) is 10.2 Å². The molecular formula is C18H25N5O. The molecule has 0 N–H and O–H groups in total. The van der Waals surface area contributed by atoms with Gasteiger partial charge in [-0.2, -0.15) is 0 Å². The zero-order valence-corrected chi connectivity index (χ0v) is 14.3. The third kappa shape index (κ3) is 2.79. The van der Waals surface area contributed by atoms with E-state index in [0.717, 1.165) is 25.9 Å². The van der Waals surface area contributed by atoms with Crippen LogP contribution in [0.3, 0.4) is 0 Å². The highest BCUT2D eigenvalue weighted by Crippen LogP contribution is 2.27. The summed E-state index contributed by atoms with van der Waals surface area (Å²) in [5.41, 5.74) is 1.30. The maximum Gasteiger partial charge on any atom is 0.257 e. The molecule has 2 saturated heterocycles. The minimum Gasteiger partial charge on any atom is -0.339 e. The first kappa shape index (κ1) is 15.6. The summed E-state index contributed by atoms with van der Waals surface area (Å²) >= 11 is 0. The third-order valence-electron chi connectivity index (χ3n) is 5.78. The summed E-state index contributed by atoms with van der Waals surface area (Å²) in [6, 6.07) is 4.38. The number of aromatic nitrogens is 3. The minimum atomic E-state index is 0.0841. The summed E-state index contributed by atoms with van der Waals surface area (Å²) in [5, 5.41) is 7.99. The summed E-state index contributed by atoms with van der Waals surface area (Å²) in [4.78, 5) is 17.5. The molecule has 4 rings (SSSR count). The molecule has 6 nitrogen and oxygen atoms in total. The molecule has 2 fully saturated rings. The fourth-order valence-electron chi connectivity index (χ4n) is 4.22. The van der Waals surface area contributed by atoms with Gasteiger partial charge in [0.1, 0.15) is 6.33 Å². The van der Waals surface area contributed by atoms with Gasteiger partial charge in [0.15, 0.2) is 5.65 Å². The third-order valence-corrected chi connectivity index (χ3v) is 5.78. The molecule has 0 saturated carbocycles. The second kappa shape index (κ2) is 6.51. The van der Waals surface area contributed by atoms with Crippen molar-refractivity contribution in [1.82, 2.24) is 24.4 Å². The molecule has 0 aromatic carbocycles. The van der Waals surface area contributed by atoms with Gasteiger partial charge in [0.2, 0.25) is 0 Å². The van der Waals surface area contributed by atoms with Crippen molar-refractivity contribution in [2.75, 3.05) is 26.2 Å². The Labute approximate surface area is 142 Å². The van der Waals surface area contributed by atoms with Gasteiger partial charge < -0.3 is 9.80 Å². The first-order valence-electron chi connectivity index (χ1n) is 9.06. The number of amides is 1. The SMILES string of the molecule is C[C@@H](C1CCN(C(=O)c2cccn3cnnc23)CC1)N1CCCC1. The minimum absolute atomic E-state index is 0.0841. The monoisotopic (exact) mass is 327 g/mol. The summed E-state index contributed by atoms with van der Waals surface area (Å²) in [6.07, 6.45) is 8.37. The number of hydrogen-bond acceptors (Lipinski definition) is 4. The largest absolute Gasteiger partial charge is 0.339 e. The first-order chi connectivity index (χ1) is 11.7. The molecule has 0 bridgehead atoms. The maximum absolute atomic E-state index is 12.9. The Kier molecular flexibility index (Phi) is 4.22. The Morgan fingerprint density at radius 2 is 1.96 bits per heavy atom. The average Bonchev–Trinajstić information content (AvgIpc) is 3.31. The fourth-order valence-corrected chi connectivity index (χ4v) is 4.22. The quantitative estimate of drug-likeness (QED) is 0.866. The number of fused-ring (bicyclic) bond motifs is 1. The molecule has 1 atom stereocenters. The number of rotatable bonds is 3. The van der Waals surface area contributed by atoms with Crippen molar-refractivity contribution < 1.29 is 4.79 Å². The zero-order chi connectivity index (χ0) is 16.5. The molecule has 0 unspecified atom stereocenters. The molecule has 0 aliphatic carbocycles. The molecular weight excluding hydrogens is 302 g/mol. The van der Waals surface area contributed by atoms with E-state index in [4.69, 9.17) is 0 Å². The van der Waals surface area contributed by atoms with Crippen molar-refractivity contribution in [3.8, 4) is 0 Å². The lowest BCUT2D eigenvalue weighted by atomic mass is 9.89. The number of carbonyl (C=O) groups excluding carboxylic acids is 1. The number of likely N-dealkylation sites (tertiary alicyclic amines) is 2. The Hall–Kier alpha value is -1.95. The van der Waals surface area contributed by atoms with E-state index in [1.54, 1.807) is 10.7 Å². The van der Waals surface area contributed by atoms with Crippen LogP contribution in [0.25, 0.3) is 5.65 Å². The topological polar surface area (TPSA) is 53.7 Å². The lowest BCUT2D eigenvalue weighted by Crippen LogP contribution is -2.45. The maximum atomic E-state index is 12.9. The van der Waals surface area contributed by atoms with E-state index < -0.39 is 0 Å². The second-order valence-corrected chi connectivity index (χ2v) is 7.10. The number of piperidine rings is 1. The van der Waals surface area contributed by atoms with Gasteiger partial charge in [0, 0.05) is 25.3 Å². The van der Waals surface area contributed by atoms with E-state index in [9.17, 15) is 4.79 Å². The highest BCUT2D eigenvalue weighted by atomic mass is 16.2. The molecule has 128 valence electrons. The number of pyridine rings is 1. The molecule has 4 heterocycles. The van der Waals surface area contributed by atoms with Gasteiger partial charge in [0.05, 0.1) is 5.56 Å². The van der Waals surface area contributed by atoms with Crippen LogP contribution in [0.15, 0.2) is 24.7 Å². The van der Waals surface area contributed by atoms with Crippen molar-refractivity contribution >= 4 is 11.6 Å².